The number of rotatable bonds is 10. The van der Waals surface area contributed by atoms with Gasteiger partial charge in [0.1, 0.15) is 34.4 Å². The van der Waals surface area contributed by atoms with Crippen molar-refractivity contribution in [3.63, 3.8) is 0 Å². The van der Waals surface area contributed by atoms with Crippen LogP contribution in [0.1, 0.15) is 114 Å². The van der Waals surface area contributed by atoms with E-state index >= 15 is 13.6 Å². The summed E-state index contributed by atoms with van der Waals surface area (Å²) < 4.78 is 48.5. The molecule has 0 radical (unpaired) electrons. The second-order valence-corrected chi connectivity index (χ2v) is 18.5. The average molecular weight is 898 g/mol. The molecule has 7 heterocycles. The third-order valence-electron chi connectivity index (χ3n) is 14.7. The first-order valence-electron chi connectivity index (χ1n) is 22.8. The van der Waals surface area contributed by atoms with Crippen LogP contribution in [0.3, 0.4) is 0 Å². The Morgan fingerprint density at radius 1 is 1.00 bits per heavy atom. The molecular formula is C47H47F2N12O5+. The van der Waals surface area contributed by atoms with Gasteiger partial charge in [-0.25, -0.2) is 33.0 Å². The average Bonchev–Trinajstić information content (AvgIpc) is 3.78. The molecule has 0 unspecified atom stereocenters. The van der Waals surface area contributed by atoms with Crippen molar-refractivity contribution in [2.45, 2.75) is 95.2 Å². The van der Waals surface area contributed by atoms with Crippen LogP contribution in [0.5, 0.6) is 0 Å². The standard InChI is InChI=1S/C47H46F2N12O5/c1-24-21-47(24,44-54-45(63)66-56-44)60-37(20-34-38(60)23-51-41(53-34)26-13-18-65-19-14-26)43(62)57-15-12-33-39(25(57)2)42(61(55-33)35-10-8-31(48)28-4-3-5-29(28)35)59-17-16-58(46(59)64)36-11-9-32(52-27-6-7-27)30(22-50)40(36)49/h8-11,16-17,20,22-27,50,52H,3-7,12-15,18-19,21H2,1-2H3,(H,54,56,63)/p+1/t24-,25-,47-/m0/s1. The van der Waals surface area contributed by atoms with Crippen LogP contribution in [0, 0.1) is 23.0 Å². The molecule has 12 rings (SSSR count). The first-order valence-corrected chi connectivity index (χ1v) is 22.8. The number of nitrogens with two attached hydrogens (primary N) is 1. The third-order valence-corrected chi connectivity index (χ3v) is 14.7. The Bertz CT molecular complexity index is 3280. The molecule has 0 spiro atoms. The number of hydrogen-bond donors (Lipinski definition) is 3. The number of nitrogens with zero attached hydrogens (tertiary/aromatic N) is 9. The van der Waals surface area contributed by atoms with Crippen molar-refractivity contribution in [2.75, 3.05) is 19.8 Å². The molecule has 17 nitrogen and oxygen atoms in total. The van der Waals surface area contributed by atoms with Crippen molar-refractivity contribution >= 4 is 28.8 Å². The number of hydrogen-bond acceptors (Lipinski definition) is 10. The van der Waals surface area contributed by atoms with Gasteiger partial charge in [-0.3, -0.25) is 23.4 Å². The lowest BCUT2D eigenvalue weighted by Gasteiger charge is -2.34. The Morgan fingerprint density at radius 3 is 2.52 bits per heavy atom. The zero-order chi connectivity index (χ0) is 45.2. The Balaban J connectivity index is 1.00. The zero-order valence-corrected chi connectivity index (χ0v) is 36.4. The zero-order valence-electron chi connectivity index (χ0n) is 36.4. The van der Waals surface area contributed by atoms with Crippen LogP contribution in [0.15, 0.2) is 63.0 Å². The summed E-state index contributed by atoms with van der Waals surface area (Å²) in [5.74, 6) is -0.630. The van der Waals surface area contributed by atoms with Crippen molar-refractivity contribution in [3.8, 4) is 17.2 Å². The van der Waals surface area contributed by atoms with E-state index in [0.717, 1.165) is 43.9 Å². The summed E-state index contributed by atoms with van der Waals surface area (Å²) in [7, 11) is 0. The number of fused-ring (bicyclic) bond motifs is 3. The number of imidazole rings is 1. The van der Waals surface area contributed by atoms with E-state index in [2.05, 4.69) is 10.1 Å². The molecule has 4 N–H and O–H groups in total. The van der Waals surface area contributed by atoms with Gasteiger partial charge in [0, 0.05) is 75.2 Å². The van der Waals surface area contributed by atoms with Crippen LogP contribution < -0.4 is 16.8 Å². The minimum atomic E-state index is -0.928. The molecular weight excluding hydrogens is 851 g/mol. The maximum absolute atomic E-state index is 16.4. The van der Waals surface area contributed by atoms with Gasteiger partial charge in [-0.1, -0.05) is 12.1 Å². The van der Waals surface area contributed by atoms with E-state index in [1.54, 1.807) is 46.2 Å². The van der Waals surface area contributed by atoms with Gasteiger partial charge in [-0.05, 0) is 86.8 Å². The summed E-state index contributed by atoms with van der Waals surface area (Å²) >= 11 is 0. The number of halogens is 2. The van der Waals surface area contributed by atoms with Gasteiger partial charge in [-0.15, -0.1) is 0 Å². The normalized spacial score (nSPS) is 21.7. The molecule has 1 amide bonds. The van der Waals surface area contributed by atoms with Crippen LogP contribution in [0.2, 0.25) is 0 Å². The maximum Gasteiger partial charge on any atom is 0.438 e. The number of benzene rings is 2. The fourth-order valence-corrected chi connectivity index (χ4v) is 10.9. The van der Waals surface area contributed by atoms with Gasteiger partial charge in [0.2, 0.25) is 0 Å². The summed E-state index contributed by atoms with van der Waals surface area (Å²) in [6.45, 7) is 5.41. The van der Waals surface area contributed by atoms with E-state index in [0.29, 0.717) is 107 Å². The molecule has 338 valence electrons. The van der Waals surface area contributed by atoms with E-state index in [9.17, 15) is 9.59 Å². The molecule has 2 aromatic carbocycles. The monoisotopic (exact) mass is 897 g/mol. The first-order chi connectivity index (χ1) is 32.0. The number of aromatic nitrogens is 9. The summed E-state index contributed by atoms with van der Waals surface area (Å²) in [5.41, 5.74) is 4.00. The predicted octanol–water partition coefficient (Wildman–Crippen LogP) is 4.79. The number of aromatic amines is 1. The summed E-state index contributed by atoms with van der Waals surface area (Å²) in [6, 6.07) is 7.87. The van der Waals surface area contributed by atoms with E-state index in [-0.39, 0.29) is 41.4 Å². The highest BCUT2D eigenvalue weighted by molar-refractivity contribution is 5.98. The number of amides is 1. The Hall–Kier alpha value is -6.86. The van der Waals surface area contributed by atoms with Gasteiger partial charge >= 0.3 is 11.4 Å². The quantitative estimate of drug-likeness (QED) is 0.127. The van der Waals surface area contributed by atoms with Crippen LogP contribution in [-0.2, 0) is 29.5 Å². The minimum Gasteiger partial charge on any atom is -0.381 e. The predicted molar refractivity (Wildman–Crippen MR) is 234 cm³/mol. The van der Waals surface area contributed by atoms with Crippen molar-refractivity contribution in [2.24, 2.45) is 5.92 Å². The number of nitrogens with one attached hydrogen (secondary N) is 2. The highest BCUT2D eigenvalue weighted by atomic mass is 19.1. The summed E-state index contributed by atoms with van der Waals surface area (Å²) in [6.07, 6.45) is 12.2. The maximum atomic E-state index is 16.4. The van der Waals surface area contributed by atoms with Gasteiger partial charge in [0.05, 0.1) is 51.9 Å². The summed E-state index contributed by atoms with van der Waals surface area (Å²) in [4.78, 5) is 57.1. The Kier molecular flexibility index (Phi) is 9.29. The second-order valence-electron chi connectivity index (χ2n) is 18.5. The van der Waals surface area contributed by atoms with Gasteiger partial charge in [-0.2, -0.15) is 5.10 Å². The topological polar surface area (TPSA) is 204 Å². The number of carbonyl (C=O) groups is 1. The molecule has 3 aliphatic carbocycles. The second kappa shape index (κ2) is 15.1. The van der Waals surface area contributed by atoms with Crippen molar-refractivity contribution in [1.82, 2.24) is 48.5 Å². The Morgan fingerprint density at radius 2 is 1.77 bits per heavy atom. The molecule has 7 aromatic rings. The number of H-pyrrole nitrogens is 1. The lowest BCUT2D eigenvalue weighted by atomic mass is 9.98. The largest absolute Gasteiger partial charge is 0.438 e. The third kappa shape index (κ3) is 6.15. The molecule has 2 aliphatic heterocycles. The molecule has 0 bridgehead atoms. The molecule has 3 fully saturated rings. The van der Waals surface area contributed by atoms with Crippen LogP contribution in [0.4, 0.5) is 14.5 Å². The van der Waals surface area contributed by atoms with Gasteiger partial charge in [0.15, 0.2) is 11.6 Å². The van der Waals surface area contributed by atoms with Gasteiger partial charge < -0.3 is 24.9 Å². The van der Waals surface area contributed by atoms with Gasteiger partial charge in [0.25, 0.3) is 5.91 Å². The van der Waals surface area contributed by atoms with Crippen LogP contribution >= 0.6 is 0 Å². The molecule has 2 saturated carbocycles. The molecule has 5 aliphatic rings. The lowest BCUT2D eigenvalue weighted by molar-refractivity contribution is -0.586. The fourth-order valence-electron chi connectivity index (χ4n) is 10.9. The highest BCUT2D eigenvalue weighted by Gasteiger charge is 2.59. The van der Waals surface area contributed by atoms with Crippen molar-refractivity contribution in [1.29, 1.82) is 5.41 Å². The van der Waals surface area contributed by atoms with E-state index in [1.807, 2.05) is 23.7 Å². The lowest BCUT2D eigenvalue weighted by Crippen LogP contribution is -2.80. The van der Waals surface area contributed by atoms with Crippen LogP contribution in [-0.4, -0.2) is 86.4 Å². The number of carbonyl (C=O) groups excluding carboxylic acids is 1. The highest BCUT2D eigenvalue weighted by Crippen LogP contribution is 2.56. The molecule has 66 heavy (non-hydrogen) atoms. The van der Waals surface area contributed by atoms with E-state index in [4.69, 9.17) is 29.7 Å². The summed E-state index contributed by atoms with van der Waals surface area (Å²) in [5, 5.41) is 19.3. The first kappa shape index (κ1) is 40.6. The smallest absolute Gasteiger partial charge is 0.381 e. The molecule has 3 atom stereocenters. The van der Waals surface area contributed by atoms with E-state index < -0.39 is 28.8 Å². The number of quaternary nitrogens is 1. The Labute approximate surface area is 374 Å². The number of ether oxygens (including phenoxy) is 1. The fraction of sp³-hybridized carbons (Fsp3) is 0.404. The van der Waals surface area contributed by atoms with Crippen molar-refractivity contribution in [3.05, 3.63) is 127 Å². The molecule has 5 aromatic heterocycles. The SMILES string of the molecule is C[C@H]1c2c(nn(-c3ccc(F)c4c3CCC4)c2-n2ccn(-c3ccc([NH2+]C4CC4)c(C=N)c3F)c2=O)CCN1C(=O)c1cc2nc(C3CCOCC3)ncc2n1[C@@]1(c2noc(=O)[nH]2)C[C@@H]1C. The minimum absolute atomic E-state index is 0.00903. The van der Waals surface area contributed by atoms with Crippen molar-refractivity contribution < 1.29 is 28.2 Å². The molecule has 1 saturated heterocycles. The van der Waals surface area contributed by atoms with E-state index in [1.165, 1.54) is 21.4 Å². The molecule has 19 heteroatoms. The van der Waals surface area contributed by atoms with Crippen LogP contribution in [0.25, 0.3) is 28.2 Å².